The van der Waals surface area contributed by atoms with E-state index >= 15 is 0 Å². The Bertz CT molecular complexity index is 405. The third-order valence-electron chi connectivity index (χ3n) is 2.24. The smallest absolute Gasteiger partial charge is 0.264 e. The molecule has 0 bridgehead atoms. The summed E-state index contributed by atoms with van der Waals surface area (Å²) in [6.45, 7) is 1.79. The third-order valence-corrected chi connectivity index (χ3v) is 2.24. The lowest BCUT2D eigenvalue weighted by Crippen LogP contribution is -2.25. The summed E-state index contributed by atoms with van der Waals surface area (Å²) in [7, 11) is 0. The molecule has 13 heavy (non-hydrogen) atoms. The summed E-state index contributed by atoms with van der Waals surface area (Å²) in [5.41, 5.74) is -0.0532. The van der Waals surface area contributed by atoms with Crippen LogP contribution in [-0.4, -0.2) is 15.8 Å². The van der Waals surface area contributed by atoms with Crippen LogP contribution in [0.3, 0.4) is 0 Å². The second-order valence-corrected chi connectivity index (χ2v) is 3.28. The molecule has 4 nitrogen and oxygen atoms in total. The fourth-order valence-corrected chi connectivity index (χ4v) is 1.41. The van der Waals surface area contributed by atoms with Crippen molar-refractivity contribution in [3.8, 4) is 0 Å². The van der Waals surface area contributed by atoms with Gasteiger partial charge in [-0.2, -0.15) is 0 Å². The van der Waals surface area contributed by atoms with Crippen LogP contribution in [0.25, 0.3) is 0 Å². The summed E-state index contributed by atoms with van der Waals surface area (Å²) in [6, 6.07) is 0.278. The number of aryl methyl sites for hydroxylation is 1. The van der Waals surface area contributed by atoms with Crippen LogP contribution in [0.5, 0.6) is 0 Å². The van der Waals surface area contributed by atoms with Crippen molar-refractivity contribution in [2.24, 2.45) is 0 Å². The highest BCUT2D eigenvalue weighted by molar-refractivity contribution is 5.73. The molecule has 0 aromatic carbocycles. The summed E-state index contributed by atoms with van der Waals surface area (Å²) < 4.78 is 1.61. The molecule has 1 fully saturated rings. The van der Waals surface area contributed by atoms with E-state index in [1.807, 2.05) is 0 Å². The minimum atomic E-state index is -0.204. The first-order valence-corrected chi connectivity index (χ1v) is 4.27. The zero-order chi connectivity index (χ0) is 9.42. The number of nitrogens with zero attached hydrogens (tertiary/aromatic N) is 2. The SMILES string of the molecule is Cc1ncc(C=O)c(=O)n1C1CC1. The Kier molecular flexibility index (Phi) is 1.76. The van der Waals surface area contributed by atoms with E-state index in [9.17, 15) is 9.59 Å². The van der Waals surface area contributed by atoms with Crippen molar-refractivity contribution in [3.63, 3.8) is 0 Å². The van der Waals surface area contributed by atoms with Gasteiger partial charge in [-0.05, 0) is 19.8 Å². The summed E-state index contributed by atoms with van der Waals surface area (Å²) >= 11 is 0. The molecule has 0 N–H and O–H groups in total. The van der Waals surface area contributed by atoms with Crippen molar-refractivity contribution in [2.45, 2.75) is 25.8 Å². The van der Waals surface area contributed by atoms with Crippen LogP contribution >= 0.6 is 0 Å². The maximum atomic E-state index is 11.6. The fourth-order valence-electron chi connectivity index (χ4n) is 1.41. The first-order valence-electron chi connectivity index (χ1n) is 4.27. The average Bonchev–Trinajstić information content (AvgIpc) is 2.89. The second kappa shape index (κ2) is 2.80. The minimum Gasteiger partial charge on any atom is -0.298 e. The lowest BCUT2D eigenvalue weighted by Gasteiger charge is -2.06. The van der Waals surface area contributed by atoms with Gasteiger partial charge < -0.3 is 0 Å². The number of hydrogen-bond donors (Lipinski definition) is 0. The van der Waals surface area contributed by atoms with Gasteiger partial charge in [0.15, 0.2) is 6.29 Å². The van der Waals surface area contributed by atoms with Crippen LogP contribution < -0.4 is 5.56 Å². The molecule has 2 rings (SSSR count). The van der Waals surface area contributed by atoms with Gasteiger partial charge in [0.25, 0.3) is 5.56 Å². The molecule has 0 radical (unpaired) electrons. The van der Waals surface area contributed by atoms with Crippen LogP contribution in [0, 0.1) is 6.92 Å². The molecule has 0 saturated heterocycles. The highest BCUT2D eigenvalue weighted by atomic mass is 16.1. The van der Waals surface area contributed by atoms with Crippen molar-refractivity contribution in [3.05, 3.63) is 27.9 Å². The van der Waals surface area contributed by atoms with Crippen molar-refractivity contribution in [2.75, 3.05) is 0 Å². The zero-order valence-corrected chi connectivity index (χ0v) is 7.36. The summed E-state index contributed by atoms with van der Waals surface area (Å²) in [4.78, 5) is 26.1. The Morgan fingerprint density at radius 1 is 1.62 bits per heavy atom. The monoisotopic (exact) mass is 178 g/mol. The second-order valence-electron chi connectivity index (χ2n) is 3.28. The van der Waals surface area contributed by atoms with Gasteiger partial charge in [-0.3, -0.25) is 14.2 Å². The quantitative estimate of drug-likeness (QED) is 0.626. The van der Waals surface area contributed by atoms with E-state index < -0.39 is 0 Å². The van der Waals surface area contributed by atoms with Gasteiger partial charge in [0.2, 0.25) is 0 Å². The van der Waals surface area contributed by atoms with E-state index in [0.717, 1.165) is 12.8 Å². The van der Waals surface area contributed by atoms with Gasteiger partial charge in [-0.1, -0.05) is 0 Å². The fraction of sp³-hybridized carbons (Fsp3) is 0.444. The molecule has 1 aliphatic carbocycles. The minimum absolute atomic E-state index is 0.150. The molecule has 1 heterocycles. The molecule has 0 unspecified atom stereocenters. The van der Waals surface area contributed by atoms with E-state index in [1.165, 1.54) is 6.20 Å². The highest BCUT2D eigenvalue weighted by Gasteiger charge is 2.26. The maximum Gasteiger partial charge on any atom is 0.264 e. The van der Waals surface area contributed by atoms with Gasteiger partial charge in [0, 0.05) is 12.2 Å². The predicted octanol–water partition coefficient (Wildman–Crippen LogP) is 0.699. The average molecular weight is 178 g/mol. The van der Waals surface area contributed by atoms with E-state index in [1.54, 1.807) is 11.5 Å². The molecule has 0 atom stereocenters. The molecule has 0 spiro atoms. The molecule has 0 aliphatic heterocycles. The number of carbonyl (C=O) groups is 1. The molecule has 1 aromatic heterocycles. The van der Waals surface area contributed by atoms with Crippen LogP contribution in [0.15, 0.2) is 11.0 Å². The van der Waals surface area contributed by atoms with E-state index in [4.69, 9.17) is 0 Å². The van der Waals surface area contributed by atoms with Gasteiger partial charge >= 0.3 is 0 Å². The molecule has 0 amide bonds. The van der Waals surface area contributed by atoms with Crippen molar-refractivity contribution >= 4 is 6.29 Å². The Morgan fingerprint density at radius 3 is 2.85 bits per heavy atom. The lowest BCUT2D eigenvalue weighted by molar-refractivity contribution is 0.112. The van der Waals surface area contributed by atoms with Crippen LogP contribution in [0.2, 0.25) is 0 Å². The lowest BCUT2D eigenvalue weighted by atomic mass is 10.3. The molecule has 68 valence electrons. The number of carbonyl (C=O) groups excluding carboxylic acids is 1. The molecule has 1 saturated carbocycles. The molecule has 1 aromatic rings. The largest absolute Gasteiger partial charge is 0.298 e. The molecular formula is C9H10N2O2. The Hall–Kier alpha value is -1.45. The maximum absolute atomic E-state index is 11.6. The topological polar surface area (TPSA) is 52.0 Å². The predicted molar refractivity (Wildman–Crippen MR) is 46.9 cm³/mol. The van der Waals surface area contributed by atoms with Gasteiger partial charge in [0.05, 0.1) is 5.56 Å². The van der Waals surface area contributed by atoms with Crippen molar-refractivity contribution < 1.29 is 4.79 Å². The Labute approximate surface area is 75.2 Å². The van der Waals surface area contributed by atoms with Gasteiger partial charge in [-0.15, -0.1) is 0 Å². The summed E-state index contributed by atoms with van der Waals surface area (Å²) in [6.07, 6.45) is 3.94. The van der Waals surface area contributed by atoms with Crippen LogP contribution in [-0.2, 0) is 0 Å². The van der Waals surface area contributed by atoms with Crippen molar-refractivity contribution in [1.29, 1.82) is 0 Å². The summed E-state index contributed by atoms with van der Waals surface area (Å²) in [5, 5.41) is 0. The van der Waals surface area contributed by atoms with Crippen LogP contribution in [0.1, 0.15) is 35.1 Å². The third kappa shape index (κ3) is 1.28. The standard InChI is InChI=1S/C9H10N2O2/c1-6-10-4-7(5-12)9(13)11(6)8-2-3-8/h4-5,8H,2-3H2,1H3. The van der Waals surface area contributed by atoms with Crippen molar-refractivity contribution in [1.82, 2.24) is 9.55 Å². The normalized spacial score (nSPS) is 15.8. The molecular weight excluding hydrogens is 168 g/mol. The summed E-state index contributed by atoms with van der Waals surface area (Å²) in [5.74, 6) is 0.693. The first kappa shape index (κ1) is 8.16. The van der Waals surface area contributed by atoms with Gasteiger partial charge in [-0.25, -0.2) is 4.98 Å². The zero-order valence-electron chi connectivity index (χ0n) is 7.36. The Morgan fingerprint density at radius 2 is 2.31 bits per heavy atom. The first-order chi connectivity index (χ1) is 6.24. The number of aromatic nitrogens is 2. The molecule has 4 heteroatoms. The van der Waals surface area contributed by atoms with Crippen LogP contribution in [0.4, 0.5) is 0 Å². The molecule has 1 aliphatic rings. The highest BCUT2D eigenvalue weighted by Crippen LogP contribution is 2.33. The Balaban J connectivity index is 2.63. The number of aldehydes is 1. The number of hydrogen-bond acceptors (Lipinski definition) is 3. The number of rotatable bonds is 2. The van der Waals surface area contributed by atoms with E-state index in [-0.39, 0.29) is 17.2 Å². The van der Waals surface area contributed by atoms with E-state index in [2.05, 4.69) is 4.98 Å². The van der Waals surface area contributed by atoms with Gasteiger partial charge in [0.1, 0.15) is 5.82 Å². The van der Waals surface area contributed by atoms with E-state index in [0.29, 0.717) is 12.1 Å².